The molecule has 0 saturated heterocycles. The quantitative estimate of drug-likeness (QED) is 0.613. The molecule has 0 aromatic heterocycles. The Labute approximate surface area is 166 Å². The van der Waals surface area contributed by atoms with Gasteiger partial charge in [-0.3, -0.25) is 19.2 Å². The molecule has 0 bridgehead atoms. The number of carbonyl (C=O) groups is 4. The molecule has 9 heteroatoms. The van der Waals surface area contributed by atoms with Crippen molar-refractivity contribution < 1.29 is 23.9 Å². The van der Waals surface area contributed by atoms with E-state index in [1.807, 2.05) is 0 Å². The average molecular weight is 404 g/mol. The van der Waals surface area contributed by atoms with Gasteiger partial charge in [0.05, 0.1) is 0 Å². The van der Waals surface area contributed by atoms with Crippen LogP contribution in [0.1, 0.15) is 17.3 Å². The second-order valence-corrected chi connectivity index (χ2v) is 6.10. The van der Waals surface area contributed by atoms with Crippen LogP contribution in [0.4, 0.5) is 11.4 Å². The van der Waals surface area contributed by atoms with Gasteiger partial charge in [-0.15, -0.1) is 0 Å². The fraction of sp³-hybridized carbons (Fsp3) is 0.158. The molecule has 3 N–H and O–H groups in total. The van der Waals surface area contributed by atoms with Crippen LogP contribution in [0.5, 0.6) is 0 Å². The van der Waals surface area contributed by atoms with Gasteiger partial charge in [-0.25, -0.2) is 0 Å². The van der Waals surface area contributed by atoms with Crippen molar-refractivity contribution in [1.82, 2.24) is 5.32 Å². The summed E-state index contributed by atoms with van der Waals surface area (Å²) < 4.78 is 4.82. The maximum absolute atomic E-state index is 11.9. The van der Waals surface area contributed by atoms with Crippen LogP contribution in [0.15, 0.2) is 48.5 Å². The third kappa shape index (κ3) is 7.08. The summed E-state index contributed by atoms with van der Waals surface area (Å²) in [7, 11) is 0. The lowest BCUT2D eigenvalue weighted by Gasteiger charge is -2.09. The van der Waals surface area contributed by atoms with E-state index in [1.165, 1.54) is 19.1 Å². The molecule has 0 atom stereocenters. The number of benzene rings is 2. The molecule has 0 aliphatic heterocycles. The first-order chi connectivity index (χ1) is 13.3. The maximum Gasteiger partial charge on any atom is 0.325 e. The standard InChI is InChI=1S/C19H18ClN3O5/c1-12(24)22-15-3-2-4-16(9-15)23-17(25)11-28-18(26)10-21-19(27)13-5-7-14(20)8-6-13/h2-9H,10-11H2,1H3,(H,21,27)(H,22,24)(H,23,25). The minimum atomic E-state index is -0.760. The first-order valence-corrected chi connectivity index (χ1v) is 8.58. The topological polar surface area (TPSA) is 114 Å². The van der Waals surface area contributed by atoms with Gasteiger partial charge in [0.25, 0.3) is 11.8 Å². The van der Waals surface area contributed by atoms with E-state index in [0.29, 0.717) is 22.0 Å². The molecule has 2 aromatic rings. The number of carbonyl (C=O) groups excluding carboxylic acids is 4. The molecule has 0 aliphatic rings. The molecule has 0 unspecified atom stereocenters. The highest BCUT2D eigenvalue weighted by Crippen LogP contribution is 2.15. The average Bonchev–Trinajstić information content (AvgIpc) is 2.64. The van der Waals surface area contributed by atoms with Gasteiger partial charge in [0.1, 0.15) is 6.54 Å². The summed E-state index contributed by atoms with van der Waals surface area (Å²) in [5, 5.41) is 8.01. The number of halogens is 1. The molecular weight excluding hydrogens is 386 g/mol. The van der Waals surface area contributed by atoms with Crippen LogP contribution < -0.4 is 16.0 Å². The van der Waals surface area contributed by atoms with Gasteiger partial charge >= 0.3 is 5.97 Å². The fourth-order valence-electron chi connectivity index (χ4n) is 2.13. The maximum atomic E-state index is 11.9. The van der Waals surface area contributed by atoms with Crippen LogP contribution in [0.2, 0.25) is 5.02 Å². The van der Waals surface area contributed by atoms with Crippen molar-refractivity contribution in [3.8, 4) is 0 Å². The molecule has 0 spiro atoms. The normalized spacial score (nSPS) is 9.93. The molecule has 0 radical (unpaired) electrons. The molecule has 2 rings (SSSR count). The summed E-state index contributed by atoms with van der Waals surface area (Å²) in [6, 6.07) is 12.7. The summed E-state index contributed by atoms with van der Waals surface area (Å²) in [5.41, 5.74) is 1.30. The predicted octanol–water partition coefficient (Wildman–Crippen LogP) is 2.21. The van der Waals surface area contributed by atoms with E-state index in [-0.39, 0.29) is 12.5 Å². The zero-order valence-electron chi connectivity index (χ0n) is 15.0. The van der Waals surface area contributed by atoms with Crippen molar-refractivity contribution in [2.24, 2.45) is 0 Å². The number of amides is 3. The van der Waals surface area contributed by atoms with Crippen LogP contribution >= 0.6 is 11.6 Å². The van der Waals surface area contributed by atoms with Crippen molar-refractivity contribution in [2.45, 2.75) is 6.92 Å². The van der Waals surface area contributed by atoms with Crippen molar-refractivity contribution in [3.63, 3.8) is 0 Å². The van der Waals surface area contributed by atoms with Gasteiger partial charge in [0.15, 0.2) is 6.61 Å². The highest BCUT2D eigenvalue weighted by atomic mass is 35.5. The molecule has 28 heavy (non-hydrogen) atoms. The van der Waals surface area contributed by atoms with E-state index in [2.05, 4.69) is 16.0 Å². The smallest absolute Gasteiger partial charge is 0.325 e. The van der Waals surface area contributed by atoms with E-state index in [9.17, 15) is 19.2 Å². The summed E-state index contributed by atoms with van der Waals surface area (Å²) >= 11 is 5.74. The second-order valence-electron chi connectivity index (χ2n) is 5.66. The summed E-state index contributed by atoms with van der Waals surface area (Å²) in [4.78, 5) is 46.5. The van der Waals surface area contributed by atoms with Crippen molar-refractivity contribution in [3.05, 3.63) is 59.1 Å². The van der Waals surface area contributed by atoms with Crippen LogP contribution in [-0.4, -0.2) is 36.8 Å². The SMILES string of the molecule is CC(=O)Nc1cccc(NC(=O)COC(=O)CNC(=O)c2ccc(Cl)cc2)c1. The Hall–Kier alpha value is -3.39. The lowest BCUT2D eigenvalue weighted by Crippen LogP contribution is -2.32. The van der Waals surface area contributed by atoms with E-state index >= 15 is 0 Å². The van der Waals surface area contributed by atoms with Gasteiger partial charge in [-0.2, -0.15) is 0 Å². The third-order valence-corrected chi connectivity index (χ3v) is 3.58. The van der Waals surface area contributed by atoms with Gasteiger partial charge in [-0.05, 0) is 42.5 Å². The minimum Gasteiger partial charge on any atom is -0.454 e. The Morgan fingerprint density at radius 3 is 2.25 bits per heavy atom. The molecule has 2 aromatic carbocycles. The van der Waals surface area contributed by atoms with Crippen LogP contribution in [0, 0.1) is 0 Å². The van der Waals surface area contributed by atoms with E-state index in [0.717, 1.165) is 0 Å². The molecule has 8 nitrogen and oxygen atoms in total. The van der Waals surface area contributed by atoms with Crippen molar-refractivity contribution in [2.75, 3.05) is 23.8 Å². The largest absolute Gasteiger partial charge is 0.454 e. The Bertz CT molecular complexity index is 883. The Morgan fingerprint density at radius 2 is 1.61 bits per heavy atom. The van der Waals surface area contributed by atoms with Gasteiger partial charge in [0.2, 0.25) is 5.91 Å². The lowest BCUT2D eigenvalue weighted by molar-refractivity contribution is -0.146. The second kappa shape index (κ2) is 10.1. The Morgan fingerprint density at radius 1 is 0.964 bits per heavy atom. The Kier molecular flexibility index (Phi) is 7.53. The molecular formula is C19H18ClN3O5. The summed E-state index contributed by atoms with van der Waals surface area (Å²) in [6.07, 6.45) is 0. The number of esters is 1. The zero-order valence-corrected chi connectivity index (χ0v) is 15.7. The highest BCUT2D eigenvalue weighted by molar-refractivity contribution is 6.30. The van der Waals surface area contributed by atoms with Crippen LogP contribution in [-0.2, 0) is 19.1 Å². The lowest BCUT2D eigenvalue weighted by atomic mass is 10.2. The molecule has 0 fully saturated rings. The summed E-state index contributed by atoms with van der Waals surface area (Å²) in [6.45, 7) is 0.475. The molecule has 146 valence electrons. The zero-order chi connectivity index (χ0) is 20.5. The fourth-order valence-corrected chi connectivity index (χ4v) is 2.25. The molecule has 3 amide bonds. The van der Waals surface area contributed by atoms with E-state index in [4.69, 9.17) is 16.3 Å². The minimum absolute atomic E-state index is 0.238. The number of hydrogen-bond acceptors (Lipinski definition) is 5. The number of hydrogen-bond donors (Lipinski definition) is 3. The molecule has 0 saturated carbocycles. The van der Waals surface area contributed by atoms with Gasteiger partial charge in [-0.1, -0.05) is 17.7 Å². The monoisotopic (exact) mass is 403 g/mol. The number of nitrogens with one attached hydrogen (secondary N) is 3. The first kappa shape index (κ1) is 20.9. The number of rotatable bonds is 7. The van der Waals surface area contributed by atoms with Crippen molar-refractivity contribution >= 4 is 46.7 Å². The first-order valence-electron chi connectivity index (χ1n) is 8.20. The van der Waals surface area contributed by atoms with E-state index < -0.39 is 24.4 Å². The summed E-state index contributed by atoms with van der Waals surface area (Å²) in [5.74, 6) is -2.02. The van der Waals surface area contributed by atoms with Crippen molar-refractivity contribution in [1.29, 1.82) is 0 Å². The third-order valence-electron chi connectivity index (χ3n) is 3.33. The van der Waals surface area contributed by atoms with Crippen LogP contribution in [0.25, 0.3) is 0 Å². The number of ether oxygens (including phenoxy) is 1. The van der Waals surface area contributed by atoms with Crippen LogP contribution in [0.3, 0.4) is 0 Å². The van der Waals surface area contributed by atoms with Gasteiger partial charge in [0, 0.05) is 28.9 Å². The Balaban J connectivity index is 1.74. The molecule has 0 heterocycles. The van der Waals surface area contributed by atoms with Gasteiger partial charge < -0.3 is 20.7 Å². The van der Waals surface area contributed by atoms with E-state index in [1.54, 1.807) is 36.4 Å². The number of anilines is 2. The highest BCUT2D eigenvalue weighted by Gasteiger charge is 2.11. The molecule has 0 aliphatic carbocycles. The predicted molar refractivity (Wildman–Crippen MR) is 104 cm³/mol.